The highest BCUT2D eigenvalue weighted by Crippen LogP contribution is 2.30. The normalized spacial score (nSPS) is 12.7. The fraction of sp³-hybridized carbons (Fsp3) is 0.438. The Morgan fingerprint density at radius 3 is 2.70 bits per heavy atom. The molecule has 1 heterocycles. The molecule has 0 saturated heterocycles. The average molecular weight is 294 g/mol. The van der Waals surface area contributed by atoms with Crippen LogP contribution in [0.15, 0.2) is 30.3 Å². The summed E-state index contributed by atoms with van der Waals surface area (Å²) in [5, 5.41) is 10.4. The Morgan fingerprint density at radius 1 is 1.30 bits per heavy atom. The fourth-order valence-electron chi connectivity index (χ4n) is 2.55. The molecule has 3 nitrogen and oxygen atoms in total. The second-order valence-corrected chi connectivity index (χ2v) is 5.49. The van der Waals surface area contributed by atoms with Crippen molar-refractivity contribution in [3.63, 3.8) is 0 Å². The molecule has 0 radical (unpaired) electrons. The van der Waals surface area contributed by atoms with E-state index in [0.29, 0.717) is 12.1 Å². The minimum atomic E-state index is -0.800. The Balaban J connectivity index is 2.23. The molecule has 1 atom stereocenters. The summed E-state index contributed by atoms with van der Waals surface area (Å²) in [5.41, 5.74) is 1.54. The number of para-hydroxylation sites is 1. The largest absolute Gasteiger partial charge is 0.481 e. The molecule has 1 aromatic heterocycles. The van der Waals surface area contributed by atoms with Gasteiger partial charge in [-0.25, -0.2) is 0 Å². The maximum Gasteiger partial charge on any atom is 0.312 e. The maximum absolute atomic E-state index is 11.5. The average Bonchev–Trinajstić information content (AvgIpc) is 2.76. The number of aromatic nitrogens is 1. The van der Waals surface area contributed by atoms with Crippen molar-refractivity contribution in [2.45, 2.75) is 44.9 Å². The van der Waals surface area contributed by atoms with Crippen LogP contribution < -0.4 is 0 Å². The first-order valence-corrected chi connectivity index (χ1v) is 7.48. The van der Waals surface area contributed by atoms with Gasteiger partial charge in [-0.3, -0.25) is 8.88 Å². The summed E-state index contributed by atoms with van der Waals surface area (Å²) in [6, 6.07) is 9.58. The number of rotatable bonds is 7. The van der Waals surface area contributed by atoms with Crippen LogP contribution in [0, 0.1) is 0 Å². The van der Waals surface area contributed by atoms with Crippen molar-refractivity contribution in [3.05, 3.63) is 36.0 Å². The molecule has 1 aromatic carbocycles. The molecule has 108 valence electrons. The van der Waals surface area contributed by atoms with E-state index in [9.17, 15) is 9.90 Å². The second kappa shape index (κ2) is 6.80. The lowest BCUT2D eigenvalue weighted by atomic mass is 9.97. The van der Waals surface area contributed by atoms with Crippen molar-refractivity contribution >= 4 is 28.6 Å². The van der Waals surface area contributed by atoms with E-state index in [1.165, 1.54) is 4.09 Å². The van der Waals surface area contributed by atoms with Gasteiger partial charge in [-0.15, -0.1) is 0 Å². The van der Waals surface area contributed by atoms with Crippen molar-refractivity contribution in [1.29, 1.82) is 0 Å². The second-order valence-electron chi connectivity index (χ2n) is 5.15. The molecule has 1 unspecified atom stereocenters. The van der Waals surface area contributed by atoms with Crippen LogP contribution in [0.3, 0.4) is 0 Å². The number of benzene rings is 1. The highest BCUT2D eigenvalue weighted by Gasteiger charge is 2.24. The van der Waals surface area contributed by atoms with E-state index in [4.69, 9.17) is 11.8 Å². The zero-order chi connectivity index (χ0) is 14.5. The molecule has 20 heavy (non-hydrogen) atoms. The topological polar surface area (TPSA) is 42.2 Å². The molecule has 2 rings (SSSR count). The van der Waals surface area contributed by atoms with Gasteiger partial charge in [-0.05, 0) is 18.6 Å². The fourth-order valence-corrected chi connectivity index (χ4v) is 2.87. The number of aliphatic carboxylic acids is 1. The number of carboxylic acid groups (broad SMARTS) is 1. The Kier molecular flexibility index (Phi) is 5.07. The first kappa shape index (κ1) is 14.9. The Hall–Kier alpha value is -1.48. The SMILES string of the molecule is CCCCCCC(C(=O)O)c1cc2ccccc2n1Cl. The van der Waals surface area contributed by atoms with E-state index >= 15 is 0 Å². The highest BCUT2D eigenvalue weighted by atomic mass is 35.5. The molecule has 0 aliphatic heterocycles. The molecule has 2 aromatic rings. The smallest absolute Gasteiger partial charge is 0.312 e. The van der Waals surface area contributed by atoms with Crippen LogP contribution in [0.1, 0.15) is 50.6 Å². The number of unbranched alkanes of at least 4 members (excludes halogenated alkanes) is 3. The molecular weight excluding hydrogens is 274 g/mol. The predicted octanol–water partition coefficient (Wildman–Crippen LogP) is 4.78. The van der Waals surface area contributed by atoms with Crippen LogP contribution >= 0.6 is 11.8 Å². The third kappa shape index (κ3) is 3.15. The Labute approximate surface area is 124 Å². The van der Waals surface area contributed by atoms with E-state index in [1.807, 2.05) is 30.3 Å². The number of halogens is 1. The number of hydrogen-bond acceptors (Lipinski definition) is 1. The molecule has 0 aliphatic carbocycles. The third-order valence-corrected chi connectivity index (χ3v) is 4.06. The van der Waals surface area contributed by atoms with Gasteiger partial charge in [0.1, 0.15) is 0 Å². The van der Waals surface area contributed by atoms with Gasteiger partial charge in [0.15, 0.2) is 0 Å². The summed E-state index contributed by atoms with van der Waals surface area (Å²) in [5.74, 6) is -1.33. The van der Waals surface area contributed by atoms with Gasteiger partial charge in [0.05, 0.1) is 17.1 Å². The Bertz CT molecular complexity index is 591. The van der Waals surface area contributed by atoms with Crippen LogP contribution in [0.25, 0.3) is 10.9 Å². The third-order valence-electron chi connectivity index (χ3n) is 3.68. The number of hydrogen-bond donors (Lipinski definition) is 1. The van der Waals surface area contributed by atoms with Gasteiger partial charge in [0, 0.05) is 17.2 Å². The maximum atomic E-state index is 11.5. The van der Waals surface area contributed by atoms with Crippen LogP contribution in [0.2, 0.25) is 0 Å². The summed E-state index contributed by atoms with van der Waals surface area (Å²) in [6.45, 7) is 2.14. The van der Waals surface area contributed by atoms with E-state index in [2.05, 4.69) is 6.92 Å². The van der Waals surface area contributed by atoms with Crippen molar-refractivity contribution < 1.29 is 9.90 Å². The molecular formula is C16H20ClNO2. The molecule has 0 aliphatic rings. The van der Waals surface area contributed by atoms with E-state index in [-0.39, 0.29) is 0 Å². The minimum absolute atomic E-state index is 0.531. The van der Waals surface area contributed by atoms with Gasteiger partial charge in [0.25, 0.3) is 0 Å². The molecule has 0 bridgehead atoms. The molecule has 0 saturated carbocycles. The van der Waals surface area contributed by atoms with Crippen molar-refractivity contribution in [2.75, 3.05) is 0 Å². The lowest BCUT2D eigenvalue weighted by Crippen LogP contribution is -2.13. The molecule has 0 amide bonds. The van der Waals surface area contributed by atoms with Crippen molar-refractivity contribution in [3.8, 4) is 0 Å². The summed E-state index contributed by atoms with van der Waals surface area (Å²) in [7, 11) is 0. The number of carbonyl (C=O) groups is 1. The summed E-state index contributed by atoms with van der Waals surface area (Å²) < 4.78 is 1.49. The predicted molar refractivity (Wildman–Crippen MR) is 82.3 cm³/mol. The lowest BCUT2D eigenvalue weighted by Gasteiger charge is -2.12. The standard InChI is InChI=1S/C16H20ClNO2/c1-2-3-4-5-9-13(16(19)20)15-11-12-8-6-7-10-14(12)18(15)17/h6-8,10-11,13H,2-5,9H2,1H3,(H,19,20). The van der Waals surface area contributed by atoms with Crippen LogP contribution in [0.5, 0.6) is 0 Å². The summed E-state index contributed by atoms with van der Waals surface area (Å²) in [4.78, 5) is 11.5. The van der Waals surface area contributed by atoms with Gasteiger partial charge < -0.3 is 5.11 Å². The van der Waals surface area contributed by atoms with Gasteiger partial charge in [0.2, 0.25) is 0 Å². The van der Waals surface area contributed by atoms with Crippen LogP contribution in [-0.4, -0.2) is 15.2 Å². The quantitative estimate of drug-likeness (QED) is 0.746. The number of carboxylic acids is 1. The molecule has 0 fully saturated rings. The van der Waals surface area contributed by atoms with Gasteiger partial charge >= 0.3 is 5.97 Å². The summed E-state index contributed by atoms with van der Waals surface area (Å²) in [6.07, 6.45) is 4.92. The first-order valence-electron chi connectivity index (χ1n) is 7.14. The van der Waals surface area contributed by atoms with Crippen LogP contribution in [0.4, 0.5) is 0 Å². The lowest BCUT2D eigenvalue weighted by molar-refractivity contribution is -0.139. The van der Waals surface area contributed by atoms with Crippen LogP contribution in [-0.2, 0) is 4.79 Å². The first-order chi connectivity index (χ1) is 9.65. The monoisotopic (exact) mass is 293 g/mol. The number of fused-ring (bicyclic) bond motifs is 1. The molecule has 0 spiro atoms. The summed E-state index contributed by atoms with van der Waals surface area (Å²) >= 11 is 6.29. The van der Waals surface area contributed by atoms with Gasteiger partial charge in [-0.2, -0.15) is 0 Å². The Morgan fingerprint density at radius 2 is 2.05 bits per heavy atom. The zero-order valence-electron chi connectivity index (χ0n) is 11.7. The van der Waals surface area contributed by atoms with Crippen molar-refractivity contribution in [1.82, 2.24) is 4.09 Å². The molecule has 1 N–H and O–H groups in total. The zero-order valence-corrected chi connectivity index (χ0v) is 12.4. The molecule has 4 heteroatoms. The minimum Gasteiger partial charge on any atom is -0.481 e. The van der Waals surface area contributed by atoms with Gasteiger partial charge in [-0.1, -0.05) is 50.8 Å². The van der Waals surface area contributed by atoms with E-state index < -0.39 is 11.9 Å². The van der Waals surface area contributed by atoms with Crippen molar-refractivity contribution in [2.24, 2.45) is 0 Å². The van der Waals surface area contributed by atoms with E-state index in [0.717, 1.165) is 36.6 Å². The highest BCUT2D eigenvalue weighted by molar-refractivity contribution is 6.20. The number of nitrogens with zero attached hydrogens (tertiary/aromatic N) is 1. The van der Waals surface area contributed by atoms with E-state index in [1.54, 1.807) is 0 Å².